The Hall–Kier alpha value is -1.36. The van der Waals surface area contributed by atoms with Gasteiger partial charge in [-0.05, 0) is 37.5 Å². The lowest BCUT2D eigenvalue weighted by atomic mass is 9.92. The number of benzene rings is 1. The van der Waals surface area contributed by atoms with Gasteiger partial charge in [-0.15, -0.1) is 12.4 Å². The van der Waals surface area contributed by atoms with Crippen molar-refractivity contribution in [1.29, 1.82) is 0 Å². The monoisotopic (exact) mass is 416 g/mol. The van der Waals surface area contributed by atoms with Gasteiger partial charge in [-0.3, -0.25) is 0 Å². The number of ether oxygens (including phenoxy) is 1. The molecule has 2 unspecified atom stereocenters. The molecule has 6 nitrogen and oxygen atoms in total. The Bertz CT molecular complexity index is 756. The van der Waals surface area contributed by atoms with Crippen molar-refractivity contribution in [2.45, 2.75) is 48.8 Å². The maximum Gasteiger partial charge on any atom is 0.417 e. The molecule has 0 bridgehead atoms. The molecule has 11 heteroatoms. The minimum Gasteiger partial charge on any atom is -0.465 e. The van der Waals surface area contributed by atoms with Crippen LogP contribution in [0.5, 0.6) is 0 Å². The number of sulfonamides is 1. The largest absolute Gasteiger partial charge is 0.465 e. The van der Waals surface area contributed by atoms with Crippen molar-refractivity contribution < 1.29 is 31.1 Å². The van der Waals surface area contributed by atoms with E-state index in [9.17, 15) is 26.4 Å². The van der Waals surface area contributed by atoms with E-state index in [4.69, 9.17) is 5.73 Å². The number of hydrogen-bond donors (Lipinski definition) is 2. The second-order valence-corrected chi connectivity index (χ2v) is 7.66. The van der Waals surface area contributed by atoms with Crippen LogP contribution in [-0.4, -0.2) is 33.6 Å². The molecule has 1 aromatic carbocycles. The third-order valence-corrected chi connectivity index (χ3v) is 5.57. The smallest absolute Gasteiger partial charge is 0.417 e. The highest BCUT2D eigenvalue weighted by Gasteiger charge is 2.37. The number of nitrogens with two attached hydrogens (primary N) is 1. The zero-order valence-electron chi connectivity index (χ0n) is 13.9. The van der Waals surface area contributed by atoms with E-state index in [1.807, 2.05) is 0 Å². The molecular weight excluding hydrogens is 397 g/mol. The summed E-state index contributed by atoms with van der Waals surface area (Å²) in [5.41, 5.74) is 3.70. The van der Waals surface area contributed by atoms with Crippen LogP contribution in [0.2, 0.25) is 0 Å². The molecule has 0 aliphatic heterocycles. The summed E-state index contributed by atoms with van der Waals surface area (Å²) < 4.78 is 71.1. The van der Waals surface area contributed by atoms with Gasteiger partial charge < -0.3 is 10.5 Å². The first-order valence-corrected chi connectivity index (χ1v) is 9.10. The topological polar surface area (TPSA) is 98.5 Å². The Kier molecular flexibility index (Phi) is 7.46. The van der Waals surface area contributed by atoms with Gasteiger partial charge in [0.2, 0.25) is 10.0 Å². The molecule has 1 aliphatic carbocycles. The SMILES string of the molecule is COC(=O)c1ccc(S(=O)(=O)NC2CCCC(N)C2)cc1C(F)(F)F.Cl. The Morgan fingerprint density at radius 1 is 1.31 bits per heavy atom. The first-order chi connectivity index (χ1) is 11.5. The van der Waals surface area contributed by atoms with Crippen LogP contribution in [0.15, 0.2) is 23.1 Å². The minimum atomic E-state index is -4.90. The standard InChI is InChI=1S/C15H19F3N2O4S.ClH/c1-24-14(21)12-6-5-11(8-13(12)15(16,17)18)25(22,23)20-10-4-2-3-9(19)7-10;/h5-6,8-10,20H,2-4,7,19H2,1H3;1H. The Morgan fingerprint density at radius 3 is 2.50 bits per heavy atom. The summed E-state index contributed by atoms with van der Waals surface area (Å²) in [5, 5.41) is 0. The van der Waals surface area contributed by atoms with Crippen molar-refractivity contribution in [2.75, 3.05) is 7.11 Å². The summed E-state index contributed by atoms with van der Waals surface area (Å²) >= 11 is 0. The number of methoxy groups -OCH3 is 1. The highest BCUT2D eigenvalue weighted by molar-refractivity contribution is 7.89. The number of carbonyl (C=O) groups is 1. The van der Waals surface area contributed by atoms with Crippen LogP contribution in [0, 0.1) is 0 Å². The molecule has 0 aromatic heterocycles. The van der Waals surface area contributed by atoms with Crippen LogP contribution in [0.4, 0.5) is 13.2 Å². The molecule has 148 valence electrons. The fraction of sp³-hybridized carbons (Fsp3) is 0.533. The lowest BCUT2D eigenvalue weighted by Gasteiger charge is -2.27. The van der Waals surface area contributed by atoms with Gasteiger partial charge in [-0.1, -0.05) is 6.42 Å². The maximum absolute atomic E-state index is 13.2. The minimum absolute atomic E-state index is 0. The summed E-state index contributed by atoms with van der Waals surface area (Å²) in [7, 11) is -3.23. The van der Waals surface area contributed by atoms with Gasteiger partial charge >= 0.3 is 12.1 Å². The molecular formula is C15H20ClF3N2O4S. The molecule has 1 aliphatic rings. The van der Waals surface area contributed by atoms with E-state index < -0.39 is 44.2 Å². The molecule has 26 heavy (non-hydrogen) atoms. The van der Waals surface area contributed by atoms with E-state index in [0.29, 0.717) is 18.9 Å². The average Bonchev–Trinajstić information content (AvgIpc) is 2.52. The van der Waals surface area contributed by atoms with Crippen molar-refractivity contribution in [1.82, 2.24) is 4.72 Å². The third kappa shape index (κ3) is 5.32. The first kappa shape index (κ1) is 22.7. The van der Waals surface area contributed by atoms with Crippen LogP contribution < -0.4 is 10.5 Å². The van der Waals surface area contributed by atoms with Crippen molar-refractivity contribution in [3.05, 3.63) is 29.3 Å². The lowest BCUT2D eigenvalue weighted by molar-refractivity contribution is -0.138. The second kappa shape index (κ2) is 8.55. The Labute approximate surface area is 155 Å². The van der Waals surface area contributed by atoms with Crippen LogP contribution in [0.25, 0.3) is 0 Å². The van der Waals surface area contributed by atoms with Gasteiger partial charge in [-0.2, -0.15) is 13.2 Å². The zero-order valence-corrected chi connectivity index (χ0v) is 15.5. The maximum atomic E-state index is 13.2. The average molecular weight is 417 g/mol. The molecule has 2 rings (SSSR count). The molecule has 1 saturated carbocycles. The number of carbonyl (C=O) groups excluding carboxylic acids is 1. The van der Waals surface area contributed by atoms with E-state index in [-0.39, 0.29) is 18.4 Å². The molecule has 1 fully saturated rings. The van der Waals surface area contributed by atoms with Crippen LogP contribution in [0.3, 0.4) is 0 Å². The lowest BCUT2D eigenvalue weighted by Crippen LogP contribution is -2.42. The fourth-order valence-corrected chi connectivity index (χ4v) is 4.14. The molecule has 0 saturated heterocycles. The molecule has 0 heterocycles. The van der Waals surface area contributed by atoms with Gasteiger partial charge in [0, 0.05) is 12.1 Å². The van der Waals surface area contributed by atoms with Crippen molar-refractivity contribution in [3.63, 3.8) is 0 Å². The van der Waals surface area contributed by atoms with Gasteiger partial charge in [0.15, 0.2) is 0 Å². The number of esters is 1. The number of alkyl halides is 3. The summed E-state index contributed by atoms with van der Waals surface area (Å²) in [6.07, 6.45) is -2.39. The van der Waals surface area contributed by atoms with E-state index >= 15 is 0 Å². The first-order valence-electron chi connectivity index (χ1n) is 7.62. The molecule has 3 N–H and O–H groups in total. The highest BCUT2D eigenvalue weighted by Crippen LogP contribution is 2.34. The normalized spacial score (nSPS) is 21.0. The predicted molar refractivity (Wildman–Crippen MR) is 90.6 cm³/mol. The van der Waals surface area contributed by atoms with Gasteiger partial charge in [0.1, 0.15) is 0 Å². The zero-order chi connectivity index (χ0) is 18.8. The Morgan fingerprint density at radius 2 is 1.96 bits per heavy atom. The Balaban J connectivity index is 0.00000338. The number of halogens is 4. The number of rotatable bonds is 4. The van der Waals surface area contributed by atoms with Crippen molar-refractivity contribution >= 4 is 28.4 Å². The van der Waals surface area contributed by atoms with Crippen LogP contribution in [-0.2, 0) is 20.9 Å². The van der Waals surface area contributed by atoms with Crippen LogP contribution in [0.1, 0.15) is 41.6 Å². The number of hydrogen-bond acceptors (Lipinski definition) is 5. The summed E-state index contributed by atoms with van der Waals surface area (Å²) in [4.78, 5) is 10.9. The van der Waals surface area contributed by atoms with Crippen LogP contribution >= 0.6 is 12.4 Å². The summed E-state index contributed by atoms with van der Waals surface area (Å²) in [5.74, 6) is -1.19. The number of nitrogens with one attached hydrogen (secondary N) is 1. The third-order valence-electron chi connectivity index (χ3n) is 4.05. The van der Waals surface area contributed by atoms with Crippen molar-refractivity contribution in [2.24, 2.45) is 5.73 Å². The molecule has 1 aromatic rings. The molecule has 2 atom stereocenters. The summed E-state index contributed by atoms with van der Waals surface area (Å²) in [6, 6.07) is 1.62. The van der Waals surface area contributed by atoms with Gasteiger partial charge in [0.05, 0.1) is 23.1 Å². The van der Waals surface area contributed by atoms with E-state index in [1.165, 1.54) is 0 Å². The van der Waals surface area contributed by atoms with Gasteiger partial charge in [-0.25, -0.2) is 17.9 Å². The quantitative estimate of drug-likeness (QED) is 0.735. The van der Waals surface area contributed by atoms with E-state index in [2.05, 4.69) is 9.46 Å². The highest BCUT2D eigenvalue weighted by atomic mass is 35.5. The summed E-state index contributed by atoms with van der Waals surface area (Å²) in [6.45, 7) is 0. The predicted octanol–water partition coefficient (Wildman–Crippen LogP) is 2.46. The molecule has 0 radical (unpaired) electrons. The van der Waals surface area contributed by atoms with E-state index in [0.717, 1.165) is 32.1 Å². The fourth-order valence-electron chi connectivity index (χ4n) is 2.84. The van der Waals surface area contributed by atoms with Gasteiger partial charge in [0.25, 0.3) is 0 Å². The molecule has 0 spiro atoms. The van der Waals surface area contributed by atoms with E-state index in [1.54, 1.807) is 0 Å². The molecule has 0 amide bonds. The van der Waals surface area contributed by atoms with Crippen molar-refractivity contribution in [3.8, 4) is 0 Å². The second-order valence-electron chi connectivity index (χ2n) is 5.94.